The van der Waals surface area contributed by atoms with E-state index in [1.807, 2.05) is 30.9 Å². The molecule has 7 heteroatoms. The average Bonchev–Trinajstić information content (AvgIpc) is 2.89. The predicted octanol–water partition coefficient (Wildman–Crippen LogP) is 2.26. The minimum absolute atomic E-state index is 0.0341. The Balaban J connectivity index is 2.37. The summed E-state index contributed by atoms with van der Waals surface area (Å²) in [5, 5.41) is 5.69. The molecule has 0 radical (unpaired) electrons. The van der Waals surface area contributed by atoms with E-state index in [2.05, 4.69) is 10.6 Å². The van der Waals surface area contributed by atoms with Gasteiger partial charge in [-0.2, -0.15) is 0 Å². The van der Waals surface area contributed by atoms with Crippen molar-refractivity contribution in [3.8, 4) is 0 Å². The molecule has 0 bridgehead atoms. The largest absolute Gasteiger partial charge is 0.355 e. The minimum Gasteiger partial charge on any atom is -0.355 e. The molecule has 0 aliphatic heterocycles. The topological polar surface area (TPSA) is 61.4 Å². The van der Waals surface area contributed by atoms with Crippen LogP contribution in [-0.2, 0) is 16.1 Å². The smallest absolute Gasteiger partial charge is 0.234 e. The molecule has 22 heavy (non-hydrogen) atoms. The third-order valence-corrected chi connectivity index (χ3v) is 4.17. The first-order chi connectivity index (χ1) is 10.5. The maximum atomic E-state index is 12.0. The summed E-state index contributed by atoms with van der Waals surface area (Å²) in [6.07, 6.45) is 1.80. The van der Waals surface area contributed by atoms with Crippen LogP contribution in [0.1, 0.15) is 31.6 Å². The van der Waals surface area contributed by atoms with Crippen LogP contribution < -0.4 is 10.6 Å². The van der Waals surface area contributed by atoms with Gasteiger partial charge in [0.1, 0.15) is 0 Å². The van der Waals surface area contributed by atoms with Gasteiger partial charge in [0.2, 0.25) is 11.8 Å². The third kappa shape index (κ3) is 7.77. The van der Waals surface area contributed by atoms with E-state index >= 15 is 0 Å². The van der Waals surface area contributed by atoms with Crippen LogP contribution in [-0.4, -0.2) is 42.9 Å². The van der Waals surface area contributed by atoms with E-state index in [1.54, 1.807) is 0 Å². The Morgan fingerprint density at radius 2 is 1.82 bits per heavy atom. The van der Waals surface area contributed by atoms with Crippen molar-refractivity contribution in [3.05, 3.63) is 21.3 Å². The number of thiophene rings is 1. The molecule has 2 amide bonds. The Hall–Kier alpha value is -1.11. The van der Waals surface area contributed by atoms with Gasteiger partial charge in [0.25, 0.3) is 0 Å². The highest BCUT2D eigenvalue weighted by atomic mass is 35.5. The zero-order valence-corrected chi connectivity index (χ0v) is 14.7. The Bertz CT molecular complexity index is 479. The third-order valence-electron chi connectivity index (χ3n) is 2.94. The van der Waals surface area contributed by atoms with Crippen molar-refractivity contribution in [2.24, 2.45) is 0 Å². The molecular weight excluding hydrogens is 322 g/mol. The van der Waals surface area contributed by atoms with Crippen LogP contribution in [0.3, 0.4) is 0 Å². The van der Waals surface area contributed by atoms with Crippen LogP contribution in [0.4, 0.5) is 0 Å². The minimum atomic E-state index is -0.0822. The van der Waals surface area contributed by atoms with Crippen LogP contribution in [0, 0.1) is 0 Å². The lowest BCUT2D eigenvalue weighted by atomic mass is 10.3. The first-order valence-corrected chi connectivity index (χ1v) is 8.74. The van der Waals surface area contributed by atoms with Gasteiger partial charge in [0, 0.05) is 11.4 Å². The molecule has 0 aromatic carbocycles. The highest BCUT2D eigenvalue weighted by molar-refractivity contribution is 7.16. The van der Waals surface area contributed by atoms with E-state index in [0.717, 1.165) is 24.3 Å². The number of carbonyl (C=O) groups excluding carboxylic acids is 2. The molecule has 0 saturated heterocycles. The van der Waals surface area contributed by atoms with Gasteiger partial charge in [0.15, 0.2) is 0 Å². The number of amides is 2. The van der Waals surface area contributed by atoms with Gasteiger partial charge >= 0.3 is 0 Å². The lowest BCUT2D eigenvalue weighted by Crippen LogP contribution is -2.43. The van der Waals surface area contributed by atoms with E-state index in [0.29, 0.717) is 17.4 Å². The van der Waals surface area contributed by atoms with Crippen molar-refractivity contribution in [3.63, 3.8) is 0 Å². The van der Waals surface area contributed by atoms with Crippen molar-refractivity contribution < 1.29 is 9.59 Å². The van der Waals surface area contributed by atoms with Gasteiger partial charge in [-0.25, -0.2) is 0 Å². The highest BCUT2D eigenvalue weighted by Gasteiger charge is 2.13. The van der Waals surface area contributed by atoms with E-state index in [1.165, 1.54) is 11.3 Å². The second-order valence-corrected chi connectivity index (χ2v) is 6.84. The molecule has 0 unspecified atom stereocenters. The Kier molecular flexibility index (Phi) is 9.11. The Morgan fingerprint density at radius 1 is 1.14 bits per heavy atom. The summed E-state index contributed by atoms with van der Waals surface area (Å²) < 4.78 is 0.712. The van der Waals surface area contributed by atoms with Crippen LogP contribution in [0.2, 0.25) is 4.34 Å². The standard InChI is InChI=1S/C15H24ClN3O2S/c1-3-7-17-14(20)10-19(8-4-2)11-15(21)18-9-12-5-6-13(16)22-12/h5-6H,3-4,7-11H2,1-2H3,(H,17,20)(H,18,21). The monoisotopic (exact) mass is 345 g/mol. The number of nitrogens with zero attached hydrogens (tertiary/aromatic N) is 1. The molecular formula is C15H24ClN3O2S. The normalized spacial score (nSPS) is 10.7. The number of carbonyl (C=O) groups is 2. The van der Waals surface area contributed by atoms with Crippen LogP contribution in [0.5, 0.6) is 0 Å². The van der Waals surface area contributed by atoms with Gasteiger partial charge in [-0.15, -0.1) is 11.3 Å². The lowest BCUT2D eigenvalue weighted by Gasteiger charge is -2.20. The van der Waals surface area contributed by atoms with Gasteiger partial charge in [0.05, 0.1) is 24.0 Å². The molecule has 1 aromatic rings. The number of hydrogen-bond donors (Lipinski definition) is 2. The molecule has 2 N–H and O–H groups in total. The molecule has 0 atom stereocenters. The second-order valence-electron chi connectivity index (χ2n) is 5.04. The summed E-state index contributed by atoms with van der Waals surface area (Å²) in [6, 6.07) is 3.71. The second kappa shape index (κ2) is 10.6. The van der Waals surface area contributed by atoms with Crippen LogP contribution >= 0.6 is 22.9 Å². The quantitative estimate of drug-likeness (QED) is 0.683. The maximum Gasteiger partial charge on any atom is 0.234 e. The Morgan fingerprint density at radius 3 is 2.36 bits per heavy atom. The van der Waals surface area contributed by atoms with E-state index in [9.17, 15) is 9.59 Å². The summed E-state index contributed by atoms with van der Waals surface area (Å²) in [5.74, 6) is -0.116. The molecule has 0 spiro atoms. The summed E-state index contributed by atoms with van der Waals surface area (Å²) >= 11 is 7.30. The summed E-state index contributed by atoms with van der Waals surface area (Å²) in [7, 11) is 0. The fraction of sp³-hybridized carbons (Fsp3) is 0.600. The fourth-order valence-corrected chi connectivity index (χ4v) is 2.97. The van der Waals surface area contributed by atoms with E-state index in [-0.39, 0.29) is 24.9 Å². The molecule has 0 fully saturated rings. The number of nitrogens with one attached hydrogen (secondary N) is 2. The van der Waals surface area contributed by atoms with Gasteiger partial charge in [-0.3, -0.25) is 14.5 Å². The van der Waals surface area contributed by atoms with Crippen molar-refractivity contribution >= 4 is 34.8 Å². The summed E-state index contributed by atoms with van der Waals surface area (Å²) in [5.41, 5.74) is 0. The van der Waals surface area contributed by atoms with Crippen LogP contribution in [0.25, 0.3) is 0 Å². The Labute approximate surface area is 141 Å². The average molecular weight is 346 g/mol. The molecule has 1 heterocycles. The summed E-state index contributed by atoms with van der Waals surface area (Å²) in [4.78, 5) is 26.6. The first kappa shape index (κ1) is 18.9. The molecule has 5 nitrogen and oxygen atoms in total. The predicted molar refractivity (Wildman–Crippen MR) is 91.2 cm³/mol. The maximum absolute atomic E-state index is 12.0. The van der Waals surface area contributed by atoms with Crippen molar-refractivity contribution in [1.82, 2.24) is 15.5 Å². The number of halogens is 1. The van der Waals surface area contributed by atoms with Crippen molar-refractivity contribution in [2.75, 3.05) is 26.2 Å². The molecule has 0 aliphatic carbocycles. The molecule has 1 rings (SSSR count). The summed E-state index contributed by atoms with van der Waals surface area (Å²) in [6.45, 7) is 6.38. The number of hydrogen-bond acceptors (Lipinski definition) is 4. The molecule has 0 aliphatic rings. The number of rotatable bonds is 10. The molecule has 0 saturated carbocycles. The van der Waals surface area contributed by atoms with Crippen molar-refractivity contribution in [2.45, 2.75) is 33.2 Å². The van der Waals surface area contributed by atoms with Gasteiger partial charge in [-0.05, 0) is 31.5 Å². The van der Waals surface area contributed by atoms with E-state index in [4.69, 9.17) is 11.6 Å². The van der Waals surface area contributed by atoms with Crippen LogP contribution in [0.15, 0.2) is 12.1 Å². The van der Waals surface area contributed by atoms with E-state index < -0.39 is 0 Å². The first-order valence-electron chi connectivity index (χ1n) is 7.55. The molecule has 124 valence electrons. The SMILES string of the molecule is CCCNC(=O)CN(CCC)CC(=O)NCc1ccc(Cl)s1. The lowest BCUT2D eigenvalue weighted by molar-refractivity contribution is -0.125. The highest BCUT2D eigenvalue weighted by Crippen LogP contribution is 2.20. The van der Waals surface area contributed by atoms with Gasteiger partial charge in [-0.1, -0.05) is 25.4 Å². The zero-order valence-electron chi connectivity index (χ0n) is 13.2. The fourth-order valence-electron chi connectivity index (χ4n) is 1.95. The zero-order chi connectivity index (χ0) is 16.4. The molecule has 1 aromatic heterocycles. The van der Waals surface area contributed by atoms with Crippen molar-refractivity contribution in [1.29, 1.82) is 0 Å². The van der Waals surface area contributed by atoms with Gasteiger partial charge < -0.3 is 10.6 Å².